The zero-order chi connectivity index (χ0) is 20.1. The Hall–Kier alpha value is -2.78. The Morgan fingerprint density at radius 2 is 2.14 bits per heavy atom. The number of carbonyl (C=O) groups excluding carboxylic acids is 1. The molecule has 0 saturated carbocycles. The maximum atomic E-state index is 11.2. The van der Waals surface area contributed by atoms with Crippen molar-refractivity contribution in [3.63, 3.8) is 0 Å². The largest absolute Gasteiger partial charge is 0.396 e. The molecule has 0 aliphatic carbocycles. The van der Waals surface area contributed by atoms with Crippen LogP contribution in [0.25, 0.3) is 11.0 Å². The summed E-state index contributed by atoms with van der Waals surface area (Å²) >= 11 is 0. The summed E-state index contributed by atoms with van der Waals surface area (Å²) in [6, 6.07) is 7.85. The van der Waals surface area contributed by atoms with Gasteiger partial charge in [0.05, 0.1) is 23.3 Å². The molecule has 3 rings (SSSR count). The third-order valence-electron chi connectivity index (χ3n) is 4.70. The van der Waals surface area contributed by atoms with Crippen molar-refractivity contribution < 1.29 is 15.1 Å². The van der Waals surface area contributed by atoms with Crippen LogP contribution in [0.4, 0.5) is 0 Å². The summed E-state index contributed by atoms with van der Waals surface area (Å²) in [4.78, 5) is 16.1. The van der Waals surface area contributed by atoms with E-state index >= 15 is 0 Å². The van der Waals surface area contributed by atoms with E-state index < -0.39 is 5.91 Å². The highest BCUT2D eigenvalue weighted by Crippen LogP contribution is 2.34. The summed E-state index contributed by atoms with van der Waals surface area (Å²) in [6.07, 6.45) is 2.34. The van der Waals surface area contributed by atoms with E-state index in [-0.39, 0.29) is 25.0 Å². The van der Waals surface area contributed by atoms with Crippen LogP contribution in [0.15, 0.2) is 46.4 Å². The average Bonchev–Trinajstić information content (AvgIpc) is 3.29. The Kier molecular flexibility index (Phi) is 6.37. The van der Waals surface area contributed by atoms with Gasteiger partial charge in [-0.2, -0.15) is 0 Å². The number of aryl methyl sites for hydroxylation is 1. The predicted molar refractivity (Wildman–Crippen MR) is 103 cm³/mol. The fourth-order valence-corrected chi connectivity index (χ4v) is 3.42. The number of nitrogens with zero attached hydrogens (tertiary/aromatic N) is 5. The number of nitrogens with one attached hydrogen (secondary N) is 1. The molecular weight excluding hydrogens is 360 g/mol. The van der Waals surface area contributed by atoms with E-state index in [1.807, 2.05) is 29.3 Å². The first-order valence-electron chi connectivity index (χ1n) is 9.41. The number of hydrogen-bond donors (Lipinski definition) is 3. The van der Waals surface area contributed by atoms with Crippen molar-refractivity contribution in [1.29, 1.82) is 0 Å². The lowest BCUT2D eigenvalue weighted by atomic mass is 10.0. The second kappa shape index (κ2) is 8.94. The predicted octanol–water partition coefficient (Wildman–Crippen LogP) is 2.58. The van der Waals surface area contributed by atoms with Crippen molar-refractivity contribution >= 4 is 16.9 Å². The van der Waals surface area contributed by atoms with Gasteiger partial charge in [-0.1, -0.05) is 31.2 Å². The Labute approximate surface area is 163 Å². The minimum atomic E-state index is -0.493. The lowest BCUT2D eigenvalue weighted by Gasteiger charge is -2.28. The molecular formula is C19H26N6O3. The molecule has 1 atom stereocenters. The molecule has 0 spiro atoms. The van der Waals surface area contributed by atoms with Crippen LogP contribution >= 0.6 is 0 Å². The average molecular weight is 386 g/mol. The normalized spacial score (nSPS) is 16.5. The van der Waals surface area contributed by atoms with Gasteiger partial charge in [-0.15, -0.1) is 5.11 Å². The quantitative estimate of drug-likeness (QED) is 0.476. The molecule has 28 heavy (non-hydrogen) atoms. The van der Waals surface area contributed by atoms with Gasteiger partial charge in [0.15, 0.2) is 0 Å². The highest BCUT2D eigenvalue weighted by Gasteiger charge is 2.31. The Morgan fingerprint density at radius 1 is 1.36 bits per heavy atom. The molecule has 3 N–H and O–H groups in total. The molecule has 1 aromatic heterocycles. The molecule has 1 amide bonds. The van der Waals surface area contributed by atoms with Crippen LogP contribution in [0.2, 0.25) is 0 Å². The van der Waals surface area contributed by atoms with Crippen LogP contribution in [0.5, 0.6) is 0 Å². The van der Waals surface area contributed by atoms with Gasteiger partial charge in [0.1, 0.15) is 11.9 Å². The SMILES string of the molecule is CC(C)C(c1nc2ccccc2n1CCCO)N1C/C(=C/CC(=O)NO)N=N1. The fraction of sp³-hybridized carbons (Fsp3) is 0.474. The monoisotopic (exact) mass is 386 g/mol. The fourth-order valence-electron chi connectivity index (χ4n) is 3.42. The zero-order valence-electron chi connectivity index (χ0n) is 16.1. The molecule has 0 bridgehead atoms. The number of aliphatic hydroxyl groups is 1. The highest BCUT2D eigenvalue weighted by atomic mass is 16.5. The second-order valence-corrected chi connectivity index (χ2v) is 7.10. The Balaban J connectivity index is 1.91. The molecule has 1 aliphatic rings. The maximum Gasteiger partial charge on any atom is 0.247 e. The van der Waals surface area contributed by atoms with E-state index in [0.29, 0.717) is 25.2 Å². The first-order chi connectivity index (χ1) is 13.5. The number of aromatic nitrogens is 2. The van der Waals surface area contributed by atoms with Crippen LogP contribution in [-0.2, 0) is 11.3 Å². The van der Waals surface area contributed by atoms with Crippen molar-refractivity contribution in [2.24, 2.45) is 16.3 Å². The zero-order valence-corrected chi connectivity index (χ0v) is 16.1. The number of rotatable bonds is 8. The molecule has 9 nitrogen and oxygen atoms in total. The smallest absolute Gasteiger partial charge is 0.247 e. The topological polar surface area (TPSA) is 115 Å². The number of hydrogen-bond acceptors (Lipinski definition) is 7. The van der Waals surface area contributed by atoms with Gasteiger partial charge in [-0.05, 0) is 30.5 Å². The number of hydroxylamine groups is 1. The maximum absolute atomic E-state index is 11.2. The first kappa shape index (κ1) is 20.0. The molecule has 0 saturated heterocycles. The van der Waals surface area contributed by atoms with Gasteiger partial charge in [0, 0.05) is 19.6 Å². The minimum Gasteiger partial charge on any atom is -0.396 e. The lowest BCUT2D eigenvalue weighted by Crippen LogP contribution is -2.29. The number of fused-ring (bicyclic) bond motifs is 1. The van der Waals surface area contributed by atoms with E-state index in [1.165, 1.54) is 0 Å². The van der Waals surface area contributed by atoms with Crippen molar-refractivity contribution in [2.75, 3.05) is 13.2 Å². The molecule has 0 radical (unpaired) electrons. The molecule has 2 heterocycles. The van der Waals surface area contributed by atoms with Gasteiger partial charge in [0.2, 0.25) is 5.91 Å². The molecule has 2 aromatic rings. The lowest BCUT2D eigenvalue weighted by molar-refractivity contribution is -0.128. The summed E-state index contributed by atoms with van der Waals surface area (Å²) in [5.74, 6) is 0.606. The molecule has 1 aromatic carbocycles. The van der Waals surface area contributed by atoms with Crippen LogP contribution in [0.1, 0.15) is 38.6 Å². The van der Waals surface area contributed by atoms with Crippen molar-refractivity contribution in [3.05, 3.63) is 41.9 Å². The molecule has 1 unspecified atom stereocenters. The third-order valence-corrected chi connectivity index (χ3v) is 4.70. The molecule has 1 aliphatic heterocycles. The van der Waals surface area contributed by atoms with E-state index in [9.17, 15) is 9.90 Å². The van der Waals surface area contributed by atoms with Crippen molar-refractivity contribution in [2.45, 2.75) is 39.3 Å². The number of benzene rings is 1. The van der Waals surface area contributed by atoms with E-state index in [0.717, 1.165) is 16.9 Å². The van der Waals surface area contributed by atoms with Gasteiger partial charge < -0.3 is 9.67 Å². The van der Waals surface area contributed by atoms with Crippen LogP contribution in [-0.4, -0.2) is 43.9 Å². The Morgan fingerprint density at radius 3 is 2.86 bits per heavy atom. The van der Waals surface area contributed by atoms with Gasteiger partial charge in [0.25, 0.3) is 0 Å². The highest BCUT2D eigenvalue weighted by molar-refractivity contribution is 5.76. The molecule has 0 fully saturated rings. The summed E-state index contributed by atoms with van der Waals surface area (Å²) in [5.41, 5.74) is 4.22. The Bertz CT molecular complexity index is 889. The number of carbonyl (C=O) groups is 1. The van der Waals surface area contributed by atoms with Crippen molar-refractivity contribution in [1.82, 2.24) is 20.0 Å². The summed E-state index contributed by atoms with van der Waals surface area (Å²) < 4.78 is 2.15. The van der Waals surface area contributed by atoms with E-state index in [1.54, 1.807) is 11.6 Å². The van der Waals surface area contributed by atoms with E-state index in [4.69, 9.17) is 10.2 Å². The van der Waals surface area contributed by atoms with Crippen molar-refractivity contribution in [3.8, 4) is 0 Å². The first-order valence-corrected chi connectivity index (χ1v) is 9.41. The second-order valence-electron chi connectivity index (χ2n) is 7.10. The summed E-state index contributed by atoms with van der Waals surface area (Å²) in [7, 11) is 0. The van der Waals surface area contributed by atoms with E-state index in [2.05, 4.69) is 28.8 Å². The molecule has 150 valence electrons. The summed E-state index contributed by atoms with van der Waals surface area (Å²) in [5, 5.41) is 28.3. The van der Waals surface area contributed by atoms with Gasteiger partial charge in [-0.25, -0.2) is 10.5 Å². The van der Waals surface area contributed by atoms with Crippen LogP contribution in [0.3, 0.4) is 0 Å². The van der Waals surface area contributed by atoms with Gasteiger partial charge in [-0.3, -0.25) is 15.0 Å². The number of aliphatic hydroxyl groups excluding tert-OH is 1. The minimum absolute atomic E-state index is 0.0417. The third kappa shape index (κ3) is 4.20. The summed E-state index contributed by atoms with van der Waals surface area (Å²) in [6.45, 7) is 5.46. The number of amides is 1. The molecule has 9 heteroatoms. The standard InChI is InChI=1S/C19H26N6O3/c1-13(2)18(25-12-14(21-23-25)8-9-17(27)22-28)19-20-15-6-3-4-7-16(15)24(19)10-5-11-26/h3-4,6-8,13,18,26,28H,5,9-12H2,1-2H3,(H,22,27)/b14-8-. The van der Waals surface area contributed by atoms with Crippen LogP contribution < -0.4 is 5.48 Å². The number of imidazole rings is 1. The van der Waals surface area contributed by atoms with Gasteiger partial charge >= 0.3 is 0 Å². The number of para-hydroxylation sites is 2. The van der Waals surface area contributed by atoms with Crippen LogP contribution in [0, 0.1) is 5.92 Å².